The second-order valence-electron chi connectivity index (χ2n) is 5.12. The summed E-state index contributed by atoms with van der Waals surface area (Å²) in [6.07, 6.45) is 0.715. The van der Waals surface area contributed by atoms with Crippen LogP contribution in [0.5, 0.6) is 0 Å². The summed E-state index contributed by atoms with van der Waals surface area (Å²) in [5.41, 5.74) is 11.4. The maximum atomic E-state index is 9.06. The minimum atomic E-state index is -0.213. The Morgan fingerprint density at radius 2 is 2.00 bits per heavy atom. The van der Waals surface area contributed by atoms with Crippen molar-refractivity contribution < 1.29 is 0 Å². The van der Waals surface area contributed by atoms with Gasteiger partial charge < -0.3 is 0 Å². The van der Waals surface area contributed by atoms with Crippen LogP contribution in [0.3, 0.4) is 0 Å². The van der Waals surface area contributed by atoms with Crippen molar-refractivity contribution in [3.05, 3.63) is 80.7 Å². The first-order valence-electron chi connectivity index (χ1n) is 6.92. The van der Waals surface area contributed by atoms with Crippen LogP contribution in [0.15, 0.2) is 53.6 Å². The van der Waals surface area contributed by atoms with Gasteiger partial charge in [0.05, 0.1) is 11.6 Å². The van der Waals surface area contributed by atoms with Crippen molar-refractivity contribution in [3.63, 3.8) is 0 Å². The molecule has 2 aromatic carbocycles. The van der Waals surface area contributed by atoms with Gasteiger partial charge in [0.1, 0.15) is 0 Å². The van der Waals surface area contributed by atoms with Crippen LogP contribution in [0, 0.1) is 11.3 Å². The number of hydrogen-bond donors (Lipinski definition) is 0. The minimum Gasteiger partial charge on any atom is -0.192 e. The SMILES string of the molecule is CC(N=[N+]=[N-])C(Cc1ccc(Cl)cc1)c1cccc(C#N)c1. The molecule has 0 heterocycles. The molecule has 5 heteroatoms. The lowest BCUT2D eigenvalue weighted by Gasteiger charge is -2.21. The van der Waals surface area contributed by atoms with Crippen molar-refractivity contribution in [1.82, 2.24) is 0 Å². The summed E-state index contributed by atoms with van der Waals surface area (Å²) >= 11 is 5.91. The summed E-state index contributed by atoms with van der Waals surface area (Å²) in [5.74, 6) is 0.00498. The molecule has 0 aliphatic carbocycles. The van der Waals surface area contributed by atoms with Crippen molar-refractivity contribution in [2.45, 2.75) is 25.3 Å². The fourth-order valence-corrected chi connectivity index (χ4v) is 2.57. The van der Waals surface area contributed by atoms with E-state index in [1.807, 2.05) is 49.4 Å². The van der Waals surface area contributed by atoms with Gasteiger partial charge >= 0.3 is 0 Å². The zero-order valence-corrected chi connectivity index (χ0v) is 12.9. The first kappa shape index (κ1) is 15.9. The number of nitrogens with zero attached hydrogens (tertiary/aromatic N) is 4. The van der Waals surface area contributed by atoms with Gasteiger partial charge in [0.25, 0.3) is 0 Å². The molecule has 110 valence electrons. The Hall–Kier alpha value is -2.47. The van der Waals surface area contributed by atoms with Gasteiger partial charge in [-0.25, -0.2) is 0 Å². The highest BCUT2D eigenvalue weighted by molar-refractivity contribution is 6.30. The molecule has 0 bridgehead atoms. The fourth-order valence-electron chi connectivity index (χ4n) is 2.44. The first-order chi connectivity index (χ1) is 10.6. The van der Waals surface area contributed by atoms with E-state index in [1.54, 1.807) is 6.07 Å². The molecule has 22 heavy (non-hydrogen) atoms. The van der Waals surface area contributed by atoms with Gasteiger partial charge in [-0.1, -0.05) is 47.9 Å². The van der Waals surface area contributed by atoms with E-state index in [-0.39, 0.29) is 12.0 Å². The predicted octanol–water partition coefficient (Wildman–Crippen LogP) is 5.24. The summed E-state index contributed by atoms with van der Waals surface area (Å²) in [7, 11) is 0. The van der Waals surface area contributed by atoms with Crippen LogP contribution < -0.4 is 0 Å². The quantitative estimate of drug-likeness (QED) is 0.423. The van der Waals surface area contributed by atoms with Gasteiger partial charge in [-0.3, -0.25) is 0 Å². The first-order valence-corrected chi connectivity index (χ1v) is 7.30. The van der Waals surface area contributed by atoms with Crippen LogP contribution in [-0.2, 0) is 6.42 Å². The van der Waals surface area contributed by atoms with E-state index in [4.69, 9.17) is 22.4 Å². The molecule has 0 saturated carbocycles. The molecule has 2 rings (SSSR count). The standard InChI is InChI=1S/C17H15ClN4/c1-12(21-22-20)17(10-13-5-7-16(18)8-6-13)15-4-2-3-14(9-15)11-19/h2-9,12,17H,10H2,1H3. The van der Waals surface area contributed by atoms with Crippen molar-refractivity contribution in [3.8, 4) is 6.07 Å². The lowest BCUT2D eigenvalue weighted by atomic mass is 9.86. The monoisotopic (exact) mass is 310 g/mol. The van der Waals surface area contributed by atoms with E-state index in [0.29, 0.717) is 17.0 Å². The van der Waals surface area contributed by atoms with Crippen molar-refractivity contribution in [2.75, 3.05) is 0 Å². The second kappa shape index (κ2) is 7.51. The van der Waals surface area contributed by atoms with E-state index in [2.05, 4.69) is 16.1 Å². The number of benzene rings is 2. The molecular weight excluding hydrogens is 296 g/mol. The molecule has 0 amide bonds. The Kier molecular flexibility index (Phi) is 5.43. The van der Waals surface area contributed by atoms with Gasteiger partial charge in [0.2, 0.25) is 0 Å². The van der Waals surface area contributed by atoms with Gasteiger partial charge in [-0.05, 0) is 53.3 Å². The Balaban J connectivity index is 2.35. The van der Waals surface area contributed by atoms with E-state index in [1.165, 1.54) is 0 Å². The van der Waals surface area contributed by atoms with E-state index in [9.17, 15) is 0 Å². The zero-order valence-electron chi connectivity index (χ0n) is 12.1. The fraction of sp³-hybridized carbons (Fsp3) is 0.235. The van der Waals surface area contributed by atoms with Crippen LogP contribution in [0.2, 0.25) is 5.02 Å². The molecular formula is C17H15ClN4. The summed E-state index contributed by atoms with van der Waals surface area (Å²) < 4.78 is 0. The molecule has 2 aromatic rings. The van der Waals surface area contributed by atoms with E-state index in [0.717, 1.165) is 11.1 Å². The number of rotatable bonds is 5. The maximum Gasteiger partial charge on any atom is 0.0991 e. The molecule has 0 aliphatic rings. The average Bonchev–Trinajstić information content (AvgIpc) is 2.54. The van der Waals surface area contributed by atoms with Crippen molar-refractivity contribution in [2.24, 2.45) is 5.11 Å². The molecule has 0 saturated heterocycles. The minimum absolute atomic E-state index is 0.00498. The van der Waals surface area contributed by atoms with Gasteiger partial charge in [0.15, 0.2) is 0 Å². The predicted molar refractivity (Wildman–Crippen MR) is 87.7 cm³/mol. The Morgan fingerprint density at radius 3 is 2.64 bits per heavy atom. The number of hydrogen-bond acceptors (Lipinski definition) is 2. The topological polar surface area (TPSA) is 72.6 Å². The molecule has 0 aliphatic heterocycles. The van der Waals surface area contributed by atoms with Gasteiger partial charge in [0, 0.05) is 16.0 Å². The van der Waals surface area contributed by atoms with Crippen LogP contribution in [0.1, 0.15) is 29.5 Å². The lowest BCUT2D eigenvalue weighted by molar-refractivity contribution is 0.562. The third-order valence-corrected chi connectivity index (χ3v) is 3.88. The Labute approximate surface area is 134 Å². The molecule has 0 spiro atoms. The van der Waals surface area contributed by atoms with Crippen LogP contribution in [0.25, 0.3) is 10.4 Å². The van der Waals surface area contributed by atoms with E-state index < -0.39 is 0 Å². The van der Waals surface area contributed by atoms with Crippen molar-refractivity contribution in [1.29, 1.82) is 5.26 Å². The third-order valence-electron chi connectivity index (χ3n) is 3.63. The van der Waals surface area contributed by atoms with Crippen LogP contribution in [-0.4, -0.2) is 6.04 Å². The highest BCUT2D eigenvalue weighted by Crippen LogP contribution is 2.27. The summed E-state index contributed by atoms with van der Waals surface area (Å²) in [4.78, 5) is 2.92. The zero-order chi connectivity index (χ0) is 15.9. The maximum absolute atomic E-state index is 9.06. The summed E-state index contributed by atoms with van der Waals surface area (Å²) in [6, 6.07) is 17.0. The van der Waals surface area contributed by atoms with Crippen LogP contribution >= 0.6 is 11.6 Å². The smallest absolute Gasteiger partial charge is 0.0991 e. The Bertz CT molecular complexity index is 727. The third kappa shape index (κ3) is 4.02. The second-order valence-corrected chi connectivity index (χ2v) is 5.56. The molecule has 2 unspecified atom stereocenters. The summed E-state index contributed by atoms with van der Waals surface area (Å²) in [5, 5.41) is 13.6. The number of halogens is 1. The number of nitriles is 1. The highest BCUT2D eigenvalue weighted by atomic mass is 35.5. The highest BCUT2D eigenvalue weighted by Gasteiger charge is 2.19. The van der Waals surface area contributed by atoms with E-state index >= 15 is 0 Å². The molecule has 0 N–H and O–H groups in total. The van der Waals surface area contributed by atoms with Crippen molar-refractivity contribution >= 4 is 11.6 Å². The van der Waals surface area contributed by atoms with Crippen LogP contribution in [0.4, 0.5) is 0 Å². The average molecular weight is 311 g/mol. The number of azide groups is 1. The molecule has 0 fully saturated rings. The normalized spacial score (nSPS) is 12.8. The molecule has 0 radical (unpaired) electrons. The van der Waals surface area contributed by atoms with Gasteiger partial charge in [-0.15, -0.1) is 0 Å². The summed E-state index contributed by atoms with van der Waals surface area (Å²) in [6.45, 7) is 1.89. The molecule has 0 aromatic heterocycles. The molecule has 4 nitrogen and oxygen atoms in total. The largest absolute Gasteiger partial charge is 0.192 e. The Morgan fingerprint density at radius 1 is 1.27 bits per heavy atom. The van der Waals surface area contributed by atoms with Gasteiger partial charge in [-0.2, -0.15) is 5.26 Å². The molecule has 2 atom stereocenters. The lowest BCUT2D eigenvalue weighted by Crippen LogP contribution is -2.15.